The minimum atomic E-state index is -1.03. The van der Waals surface area contributed by atoms with Crippen molar-refractivity contribution in [1.82, 2.24) is 15.5 Å². The fourth-order valence-corrected chi connectivity index (χ4v) is 2.64. The zero-order chi connectivity index (χ0) is 18.4. The minimum Gasteiger partial charge on any atom is -0.370 e. The van der Waals surface area contributed by atoms with Crippen molar-refractivity contribution in [3.05, 3.63) is 0 Å². The van der Waals surface area contributed by atoms with E-state index in [1.807, 2.05) is 20.8 Å². The van der Waals surface area contributed by atoms with Crippen LogP contribution in [0.3, 0.4) is 0 Å². The van der Waals surface area contributed by atoms with E-state index >= 15 is 0 Å². The summed E-state index contributed by atoms with van der Waals surface area (Å²) in [6.07, 6.45) is 0.973. The summed E-state index contributed by atoms with van der Waals surface area (Å²) in [5.74, 6) is -1.48. The molecule has 0 aromatic rings. The molecule has 0 spiro atoms. The maximum atomic E-state index is 12.7. The Balaban J connectivity index is 2.84. The fraction of sp³-hybridized carbons (Fsp3) is 0.750. The number of nitrogens with two attached hydrogens (primary N) is 1. The van der Waals surface area contributed by atoms with E-state index in [0.29, 0.717) is 19.4 Å². The van der Waals surface area contributed by atoms with Gasteiger partial charge in [-0.05, 0) is 25.7 Å². The van der Waals surface area contributed by atoms with Gasteiger partial charge >= 0.3 is 0 Å². The van der Waals surface area contributed by atoms with Crippen LogP contribution in [-0.4, -0.2) is 53.2 Å². The van der Waals surface area contributed by atoms with Gasteiger partial charge in [0.15, 0.2) is 0 Å². The van der Waals surface area contributed by atoms with Crippen molar-refractivity contribution in [2.75, 3.05) is 6.54 Å². The third kappa shape index (κ3) is 5.50. The quantitative estimate of drug-likeness (QED) is 0.579. The Kier molecular flexibility index (Phi) is 7.18. The van der Waals surface area contributed by atoms with Gasteiger partial charge in [-0.1, -0.05) is 13.8 Å². The zero-order valence-corrected chi connectivity index (χ0v) is 14.8. The SMILES string of the molecule is CC(=O)NC(CC(N)=O)C(=O)N1CCCC1C(=O)NC(C)C(C)C. The van der Waals surface area contributed by atoms with E-state index in [9.17, 15) is 19.2 Å². The Morgan fingerprint density at radius 1 is 1.17 bits per heavy atom. The van der Waals surface area contributed by atoms with Gasteiger partial charge in [-0.15, -0.1) is 0 Å². The van der Waals surface area contributed by atoms with Crippen molar-refractivity contribution in [2.45, 2.75) is 65.1 Å². The molecule has 1 aliphatic heterocycles. The molecule has 4 N–H and O–H groups in total. The van der Waals surface area contributed by atoms with Crippen molar-refractivity contribution in [1.29, 1.82) is 0 Å². The first kappa shape index (κ1) is 19.9. The highest BCUT2D eigenvalue weighted by Gasteiger charge is 2.38. The molecular weight excluding hydrogens is 312 g/mol. The van der Waals surface area contributed by atoms with Crippen molar-refractivity contribution < 1.29 is 19.2 Å². The minimum absolute atomic E-state index is 0.00758. The number of rotatable bonds is 7. The summed E-state index contributed by atoms with van der Waals surface area (Å²) in [6.45, 7) is 7.60. The highest BCUT2D eigenvalue weighted by molar-refractivity contribution is 5.94. The van der Waals surface area contributed by atoms with E-state index in [2.05, 4.69) is 10.6 Å². The topological polar surface area (TPSA) is 122 Å². The van der Waals surface area contributed by atoms with Gasteiger partial charge in [-0.3, -0.25) is 19.2 Å². The Morgan fingerprint density at radius 2 is 1.79 bits per heavy atom. The van der Waals surface area contributed by atoms with E-state index < -0.39 is 29.8 Å². The highest BCUT2D eigenvalue weighted by Crippen LogP contribution is 2.20. The average Bonchev–Trinajstić information content (AvgIpc) is 2.93. The summed E-state index contributed by atoms with van der Waals surface area (Å²) in [5.41, 5.74) is 5.16. The Hall–Kier alpha value is -2.12. The molecule has 3 unspecified atom stereocenters. The summed E-state index contributed by atoms with van der Waals surface area (Å²) in [7, 11) is 0. The Labute approximate surface area is 142 Å². The molecule has 1 saturated heterocycles. The number of nitrogens with one attached hydrogen (secondary N) is 2. The lowest BCUT2D eigenvalue weighted by atomic mass is 10.1. The number of likely N-dealkylation sites (tertiary alicyclic amines) is 1. The van der Waals surface area contributed by atoms with Crippen LogP contribution in [-0.2, 0) is 19.2 Å². The second-order valence-corrected chi connectivity index (χ2v) is 6.65. The van der Waals surface area contributed by atoms with Gasteiger partial charge in [0, 0.05) is 19.5 Å². The van der Waals surface area contributed by atoms with Gasteiger partial charge in [0.2, 0.25) is 23.6 Å². The van der Waals surface area contributed by atoms with Crippen LogP contribution in [0.4, 0.5) is 0 Å². The van der Waals surface area contributed by atoms with Crippen LogP contribution in [0.1, 0.15) is 47.0 Å². The van der Waals surface area contributed by atoms with Gasteiger partial charge in [0.25, 0.3) is 0 Å². The first-order chi connectivity index (χ1) is 11.1. The van der Waals surface area contributed by atoms with Crippen LogP contribution in [0, 0.1) is 5.92 Å². The lowest BCUT2D eigenvalue weighted by Crippen LogP contribution is -2.55. The van der Waals surface area contributed by atoms with Crippen molar-refractivity contribution in [3.63, 3.8) is 0 Å². The van der Waals surface area contributed by atoms with Gasteiger partial charge < -0.3 is 21.3 Å². The largest absolute Gasteiger partial charge is 0.370 e. The summed E-state index contributed by atoms with van der Waals surface area (Å²) in [6, 6.07) is -1.62. The molecule has 0 saturated carbocycles. The lowest BCUT2D eigenvalue weighted by Gasteiger charge is -2.29. The van der Waals surface area contributed by atoms with Crippen molar-refractivity contribution >= 4 is 23.6 Å². The molecule has 0 aromatic carbocycles. The molecule has 1 aliphatic rings. The van der Waals surface area contributed by atoms with Gasteiger partial charge in [0.05, 0.1) is 6.42 Å². The van der Waals surface area contributed by atoms with Gasteiger partial charge in [-0.2, -0.15) is 0 Å². The Morgan fingerprint density at radius 3 is 2.29 bits per heavy atom. The highest BCUT2D eigenvalue weighted by atomic mass is 16.2. The molecule has 4 amide bonds. The van der Waals surface area contributed by atoms with Crippen LogP contribution in [0.5, 0.6) is 0 Å². The van der Waals surface area contributed by atoms with Crippen molar-refractivity contribution in [2.24, 2.45) is 11.7 Å². The molecule has 1 fully saturated rings. The third-order valence-corrected chi connectivity index (χ3v) is 4.29. The predicted octanol–water partition coefficient (Wildman–Crippen LogP) is -0.482. The number of hydrogen-bond donors (Lipinski definition) is 3. The molecule has 136 valence electrons. The van der Waals surface area contributed by atoms with E-state index in [1.54, 1.807) is 0 Å². The van der Waals surface area contributed by atoms with E-state index in [1.165, 1.54) is 11.8 Å². The van der Waals surface area contributed by atoms with Crippen LogP contribution in [0.15, 0.2) is 0 Å². The van der Waals surface area contributed by atoms with Crippen LogP contribution >= 0.6 is 0 Å². The summed E-state index contributed by atoms with van der Waals surface area (Å²) < 4.78 is 0. The average molecular weight is 340 g/mol. The molecular formula is C16H28N4O4. The smallest absolute Gasteiger partial charge is 0.246 e. The van der Waals surface area contributed by atoms with E-state index in [-0.39, 0.29) is 24.3 Å². The first-order valence-corrected chi connectivity index (χ1v) is 8.29. The fourth-order valence-electron chi connectivity index (χ4n) is 2.64. The number of carbonyl (C=O) groups is 4. The maximum Gasteiger partial charge on any atom is 0.246 e. The van der Waals surface area contributed by atoms with Gasteiger partial charge in [0.1, 0.15) is 12.1 Å². The van der Waals surface area contributed by atoms with Crippen LogP contribution < -0.4 is 16.4 Å². The van der Waals surface area contributed by atoms with Crippen LogP contribution in [0.2, 0.25) is 0 Å². The molecule has 0 radical (unpaired) electrons. The molecule has 24 heavy (non-hydrogen) atoms. The van der Waals surface area contributed by atoms with Crippen molar-refractivity contribution in [3.8, 4) is 0 Å². The standard InChI is InChI=1S/C16H28N4O4/c1-9(2)10(3)18-15(23)13-6-5-7-20(13)16(24)12(8-14(17)22)19-11(4)21/h9-10,12-13H,5-8H2,1-4H3,(H2,17,22)(H,18,23)(H,19,21). The summed E-state index contributed by atoms with van der Waals surface area (Å²) in [5, 5.41) is 5.36. The molecule has 1 heterocycles. The second-order valence-electron chi connectivity index (χ2n) is 6.65. The van der Waals surface area contributed by atoms with Gasteiger partial charge in [-0.25, -0.2) is 0 Å². The monoisotopic (exact) mass is 340 g/mol. The number of carbonyl (C=O) groups excluding carboxylic acids is 4. The summed E-state index contributed by atoms with van der Waals surface area (Å²) >= 11 is 0. The molecule has 8 nitrogen and oxygen atoms in total. The molecule has 0 aromatic heterocycles. The maximum absolute atomic E-state index is 12.7. The molecule has 0 aliphatic carbocycles. The first-order valence-electron chi connectivity index (χ1n) is 8.29. The molecule has 0 bridgehead atoms. The number of nitrogens with zero attached hydrogens (tertiary/aromatic N) is 1. The number of hydrogen-bond acceptors (Lipinski definition) is 4. The van der Waals surface area contributed by atoms with E-state index in [0.717, 1.165) is 0 Å². The molecule has 1 rings (SSSR count). The normalized spacial score (nSPS) is 19.7. The Bertz CT molecular complexity index is 490. The molecule has 3 atom stereocenters. The number of primary amides is 1. The summed E-state index contributed by atoms with van der Waals surface area (Å²) in [4.78, 5) is 49.0. The molecule has 8 heteroatoms. The van der Waals surface area contributed by atoms with Crippen LogP contribution in [0.25, 0.3) is 0 Å². The van der Waals surface area contributed by atoms with E-state index in [4.69, 9.17) is 5.73 Å². The zero-order valence-electron chi connectivity index (χ0n) is 14.8. The predicted molar refractivity (Wildman–Crippen MR) is 88.6 cm³/mol. The second kappa shape index (κ2) is 8.65. The number of amides is 4. The lowest BCUT2D eigenvalue weighted by molar-refractivity contribution is -0.142. The third-order valence-electron chi connectivity index (χ3n) is 4.29.